The Morgan fingerprint density at radius 3 is 1.65 bits per heavy atom. The number of piperidine rings is 1. The van der Waals surface area contributed by atoms with Gasteiger partial charge < -0.3 is 55.2 Å². The van der Waals surface area contributed by atoms with Crippen LogP contribution in [0.5, 0.6) is 0 Å². The van der Waals surface area contributed by atoms with E-state index < -0.39 is 107 Å². The lowest BCUT2D eigenvalue weighted by Gasteiger charge is -2.38. The van der Waals surface area contributed by atoms with E-state index in [0.29, 0.717) is 13.1 Å². The third-order valence-electron chi connectivity index (χ3n) is 12.7. The summed E-state index contributed by atoms with van der Waals surface area (Å²) in [6, 6.07) is -0.110. The summed E-state index contributed by atoms with van der Waals surface area (Å²) in [4.78, 5) is 133. The smallest absolute Gasteiger partial charge is 0.254 e. The lowest BCUT2D eigenvalue weighted by atomic mass is 9.97. The molecule has 0 bridgehead atoms. The number of nitrogens with zero attached hydrogens (tertiary/aromatic N) is 6. The Kier molecular flexibility index (Phi) is 24.1. The number of ether oxygens (including phenoxy) is 1. The molecule has 1 fully saturated rings. The van der Waals surface area contributed by atoms with Gasteiger partial charge in [-0.05, 0) is 84.1 Å². The van der Waals surface area contributed by atoms with Crippen molar-refractivity contribution in [2.45, 2.75) is 162 Å². The monoisotopic (exact) mass is 1000 g/mol. The summed E-state index contributed by atoms with van der Waals surface area (Å²) < 4.78 is 6.02. The Morgan fingerprint density at radius 2 is 1.15 bits per heavy atom. The standard InChI is InChI=1S/C51H85N9O11/c1-31(2)27-38(44(64)54-42(48(68)55(11)12)50(70)60-25-21-18-22-26-60)58(15)47(67)40(28-32(3)4)59(16)46(66)37(30-71-51(8,9)10)52-43(63)33(5)56(13)49(69)41(34(6)61)53-45(65)39(57(14)35(7)62)29-36-23-19-17-20-24-36/h17,19-20,23-24,31-34,37-42,61H,18,21-22,25-30H2,1-16H3,(H,52,63)(H,53,65)(H,54,64)/t33-,34+,37-,38-,39-,40-,41-,42-/m0/s1. The molecule has 0 aliphatic carbocycles. The molecule has 1 heterocycles. The third-order valence-corrected chi connectivity index (χ3v) is 12.7. The Hall–Kier alpha value is -5.63. The van der Waals surface area contributed by atoms with Gasteiger partial charge in [0.05, 0.1) is 18.3 Å². The number of aliphatic hydroxyl groups is 1. The van der Waals surface area contributed by atoms with Crippen LogP contribution < -0.4 is 16.0 Å². The van der Waals surface area contributed by atoms with E-state index in [1.807, 2.05) is 33.8 Å². The third kappa shape index (κ3) is 18.5. The molecule has 1 aromatic carbocycles. The normalized spacial score (nSPS) is 16.2. The topological polar surface area (TPSA) is 239 Å². The number of benzene rings is 1. The maximum Gasteiger partial charge on any atom is 0.254 e. The number of carbonyl (C=O) groups is 9. The van der Waals surface area contributed by atoms with Crippen molar-refractivity contribution < 1.29 is 53.0 Å². The number of hydrogen-bond donors (Lipinski definition) is 4. The van der Waals surface area contributed by atoms with Crippen LogP contribution >= 0.6 is 0 Å². The molecule has 8 atom stereocenters. The highest BCUT2D eigenvalue weighted by molar-refractivity contribution is 6.07. The zero-order valence-electron chi connectivity index (χ0n) is 45.2. The fraction of sp³-hybridized carbons (Fsp3) is 0.706. The van der Waals surface area contributed by atoms with Gasteiger partial charge in [0, 0.05) is 68.7 Å². The van der Waals surface area contributed by atoms with Crippen LogP contribution in [-0.2, 0) is 54.3 Å². The Bertz CT molecular complexity index is 1980. The highest BCUT2D eigenvalue weighted by atomic mass is 16.5. The molecule has 0 saturated carbocycles. The van der Waals surface area contributed by atoms with Crippen molar-refractivity contribution >= 4 is 53.2 Å². The molecular weight excluding hydrogens is 915 g/mol. The maximum atomic E-state index is 14.8. The Labute approximate surface area is 421 Å². The van der Waals surface area contributed by atoms with Crippen molar-refractivity contribution in [3.63, 3.8) is 0 Å². The lowest BCUT2D eigenvalue weighted by molar-refractivity contribution is -0.152. The molecule has 2 rings (SSSR count). The summed E-state index contributed by atoms with van der Waals surface area (Å²) >= 11 is 0. The summed E-state index contributed by atoms with van der Waals surface area (Å²) in [5.74, 6) is -6.15. The zero-order valence-corrected chi connectivity index (χ0v) is 45.2. The van der Waals surface area contributed by atoms with E-state index in [1.54, 1.807) is 49.9 Å². The first kappa shape index (κ1) is 61.5. The van der Waals surface area contributed by atoms with Gasteiger partial charge in [0.1, 0.15) is 36.3 Å². The highest BCUT2D eigenvalue weighted by Gasteiger charge is 2.42. The van der Waals surface area contributed by atoms with E-state index in [1.165, 1.54) is 82.7 Å². The molecule has 4 N–H and O–H groups in total. The van der Waals surface area contributed by atoms with Gasteiger partial charge in [-0.2, -0.15) is 0 Å². The molecule has 0 radical (unpaired) electrons. The SMILES string of the molecule is CC(=O)N(C)[C@@H](Cc1ccccc1)C(=O)N[C@H](C(=O)N(C)[C@@H](C)C(=O)N[C@@H](COC(C)(C)C)C(=O)N(C)[C@@H](CC(C)C)C(=O)N(C)[C@@H](CC(C)C)C(=O)N[C@@H](C(=O)N(C)C)C(=O)N1CCCCC1)[C@@H](C)O. The molecule has 20 nitrogen and oxygen atoms in total. The van der Waals surface area contributed by atoms with Gasteiger partial charge in [0.25, 0.3) is 11.8 Å². The van der Waals surface area contributed by atoms with Gasteiger partial charge in [0.15, 0.2) is 6.04 Å². The van der Waals surface area contributed by atoms with E-state index in [2.05, 4.69) is 16.0 Å². The molecule has 400 valence electrons. The van der Waals surface area contributed by atoms with E-state index in [9.17, 15) is 48.3 Å². The molecule has 1 aromatic rings. The van der Waals surface area contributed by atoms with Crippen LogP contribution in [0.1, 0.15) is 107 Å². The quantitative estimate of drug-likeness (QED) is 0.108. The molecular formula is C51H85N9O11. The van der Waals surface area contributed by atoms with E-state index in [-0.39, 0.29) is 37.7 Å². The van der Waals surface area contributed by atoms with Crippen molar-refractivity contribution in [3.8, 4) is 0 Å². The second-order valence-electron chi connectivity index (χ2n) is 20.9. The number of hydrogen-bond acceptors (Lipinski definition) is 11. The van der Waals surface area contributed by atoms with E-state index in [0.717, 1.165) is 29.7 Å². The number of amides is 9. The van der Waals surface area contributed by atoms with Crippen LogP contribution in [0.25, 0.3) is 0 Å². The van der Waals surface area contributed by atoms with Crippen LogP contribution in [-0.4, -0.2) is 204 Å². The summed E-state index contributed by atoms with van der Waals surface area (Å²) in [6.07, 6.45) is 1.48. The summed E-state index contributed by atoms with van der Waals surface area (Å²) in [7, 11) is 8.62. The van der Waals surface area contributed by atoms with Gasteiger partial charge in [-0.1, -0.05) is 58.0 Å². The average Bonchev–Trinajstić information content (AvgIpc) is 3.31. The first-order valence-corrected chi connectivity index (χ1v) is 24.7. The lowest BCUT2D eigenvalue weighted by Crippen LogP contribution is -2.62. The molecule has 1 saturated heterocycles. The second kappa shape index (κ2) is 27.8. The van der Waals surface area contributed by atoms with Crippen LogP contribution in [0.2, 0.25) is 0 Å². The van der Waals surface area contributed by atoms with E-state index >= 15 is 0 Å². The number of nitrogens with one attached hydrogen (secondary N) is 3. The first-order valence-electron chi connectivity index (χ1n) is 24.7. The van der Waals surface area contributed by atoms with Crippen molar-refractivity contribution in [1.29, 1.82) is 0 Å². The van der Waals surface area contributed by atoms with Gasteiger partial charge in [0.2, 0.25) is 41.4 Å². The highest BCUT2D eigenvalue weighted by Crippen LogP contribution is 2.21. The predicted molar refractivity (Wildman–Crippen MR) is 269 cm³/mol. The van der Waals surface area contributed by atoms with Crippen LogP contribution in [0.15, 0.2) is 30.3 Å². The largest absolute Gasteiger partial charge is 0.391 e. The van der Waals surface area contributed by atoms with E-state index in [4.69, 9.17) is 4.74 Å². The molecule has 0 aromatic heterocycles. The van der Waals surface area contributed by atoms with Crippen molar-refractivity contribution in [2.75, 3.05) is 62.0 Å². The van der Waals surface area contributed by atoms with Crippen molar-refractivity contribution in [2.24, 2.45) is 11.8 Å². The molecule has 1 aliphatic rings. The van der Waals surface area contributed by atoms with Crippen molar-refractivity contribution in [1.82, 2.24) is 45.3 Å². The second-order valence-corrected chi connectivity index (χ2v) is 20.9. The number of carbonyl (C=O) groups excluding carboxylic acids is 9. The fourth-order valence-corrected chi connectivity index (χ4v) is 8.06. The minimum atomic E-state index is -1.54. The molecule has 1 aliphatic heterocycles. The summed E-state index contributed by atoms with van der Waals surface area (Å²) in [5, 5.41) is 18.8. The molecule has 0 unspecified atom stereocenters. The molecule has 9 amide bonds. The fourth-order valence-electron chi connectivity index (χ4n) is 8.06. The van der Waals surface area contributed by atoms with Crippen LogP contribution in [0, 0.1) is 11.8 Å². The number of aliphatic hydroxyl groups excluding tert-OH is 1. The van der Waals surface area contributed by atoms with Crippen LogP contribution in [0.4, 0.5) is 0 Å². The zero-order chi connectivity index (χ0) is 54.2. The van der Waals surface area contributed by atoms with Gasteiger partial charge in [-0.3, -0.25) is 43.2 Å². The predicted octanol–water partition coefficient (Wildman–Crippen LogP) is 1.42. The Morgan fingerprint density at radius 1 is 0.634 bits per heavy atom. The maximum absolute atomic E-state index is 14.8. The minimum absolute atomic E-state index is 0.118. The Balaban J connectivity index is 2.46. The molecule has 0 spiro atoms. The minimum Gasteiger partial charge on any atom is -0.391 e. The molecule has 71 heavy (non-hydrogen) atoms. The van der Waals surface area contributed by atoms with Crippen LogP contribution in [0.3, 0.4) is 0 Å². The van der Waals surface area contributed by atoms with Gasteiger partial charge in [-0.15, -0.1) is 0 Å². The number of likely N-dealkylation sites (tertiary alicyclic amines) is 1. The number of rotatable bonds is 24. The summed E-state index contributed by atoms with van der Waals surface area (Å²) in [5.41, 5.74) is -0.0351. The number of likely N-dealkylation sites (N-methyl/N-ethyl adjacent to an activating group) is 5. The van der Waals surface area contributed by atoms with Gasteiger partial charge in [-0.25, -0.2) is 0 Å². The molecule has 20 heteroatoms. The van der Waals surface area contributed by atoms with Crippen molar-refractivity contribution in [3.05, 3.63) is 35.9 Å². The summed E-state index contributed by atoms with van der Waals surface area (Å²) in [6.45, 7) is 17.3. The average molecular weight is 1000 g/mol. The van der Waals surface area contributed by atoms with Gasteiger partial charge >= 0.3 is 0 Å². The first-order chi connectivity index (χ1) is 32.9.